The molecule has 20 heavy (non-hydrogen) atoms. The molecular weight excluding hydrogens is 270 g/mol. The molecule has 0 aliphatic heterocycles. The fourth-order valence-electron chi connectivity index (χ4n) is 1.99. The van der Waals surface area contributed by atoms with Crippen LogP contribution in [0, 0.1) is 11.7 Å². The van der Waals surface area contributed by atoms with Crippen LogP contribution in [0.1, 0.15) is 11.1 Å². The maximum Gasteiger partial charge on any atom is 0.195 e. The molecule has 0 atom stereocenters. The van der Waals surface area contributed by atoms with E-state index < -0.39 is 0 Å². The highest BCUT2D eigenvalue weighted by molar-refractivity contribution is 7.71. The maximum absolute atomic E-state index is 5.31. The first-order chi connectivity index (χ1) is 9.75. The SMILES string of the molecule is Cc1ccncc1Cn1c(-c2ccccn2)n[nH]c1=S. The van der Waals surface area contributed by atoms with E-state index in [9.17, 15) is 0 Å². The molecule has 3 heterocycles. The summed E-state index contributed by atoms with van der Waals surface area (Å²) in [6, 6.07) is 7.71. The van der Waals surface area contributed by atoms with Crippen molar-refractivity contribution in [3.8, 4) is 11.5 Å². The van der Waals surface area contributed by atoms with Gasteiger partial charge in [0.15, 0.2) is 10.6 Å². The topological polar surface area (TPSA) is 59.4 Å². The minimum atomic E-state index is 0.578. The quantitative estimate of drug-likeness (QED) is 0.751. The first kappa shape index (κ1) is 12.7. The van der Waals surface area contributed by atoms with Gasteiger partial charge in [-0.3, -0.25) is 19.6 Å². The molecule has 0 unspecified atom stereocenters. The van der Waals surface area contributed by atoms with Gasteiger partial charge in [-0.05, 0) is 48.5 Å². The fraction of sp³-hybridized carbons (Fsp3) is 0.143. The van der Waals surface area contributed by atoms with E-state index in [-0.39, 0.29) is 0 Å². The molecule has 3 rings (SSSR count). The Hall–Kier alpha value is -2.34. The van der Waals surface area contributed by atoms with Gasteiger partial charge in [0.1, 0.15) is 5.69 Å². The average Bonchev–Trinajstić information content (AvgIpc) is 2.84. The van der Waals surface area contributed by atoms with Crippen molar-refractivity contribution >= 4 is 12.2 Å². The van der Waals surface area contributed by atoms with E-state index in [1.54, 1.807) is 12.4 Å². The third kappa shape index (κ3) is 2.37. The number of aryl methyl sites for hydroxylation is 1. The molecule has 6 heteroatoms. The van der Waals surface area contributed by atoms with Gasteiger partial charge in [0.2, 0.25) is 0 Å². The van der Waals surface area contributed by atoms with Crippen LogP contribution >= 0.6 is 12.2 Å². The molecule has 100 valence electrons. The molecule has 0 amide bonds. The van der Waals surface area contributed by atoms with E-state index in [0.717, 1.165) is 17.1 Å². The zero-order valence-corrected chi connectivity index (χ0v) is 11.8. The number of H-pyrrole nitrogens is 1. The predicted octanol–water partition coefficient (Wildman–Crippen LogP) is 2.75. The second-order valence-corrected chi connectivity index (χ2v) is 4.84. The Balaban J connectivity index is 2.05. The van der Waals surface area contributed by atoms with E-state index in [2.05, 4.69) is 27.1 Å². The number of aromatic nitrogens is 5. The second kappa shape index (κ2) is 5.34. The van der Waals surface area contributed by atoms with Gasteiger partial charge in [-0.2, -0.15) is 5.10 Å². The van der Waals surface area contributed by atoms with Crippen LogP contribution in [0.2, 0.25) is 0 Å². The molecule has 0 radical (unpaired) electrons. The minimum absolute atomic E-state index is 0.578. The first-order valence-corrected chi connectivity index (χ1v) is 6.62. The zero-order chi connectivity index (χ0) is 13.9. The van der Waals surface area contributed by atoms with Gasteiger partial charge < -0.3 is 0 Å². The lowest BCUT2D eigenvalue weighted by Crippen LogP contribution is -2.05. The third-order valence-corrected chi connectivity index (χ3v) is 3.44. The van der Waals surface area contributed by atoms with Gasteiger partial charge in [0, 0.05) is 18.6 Å². The van der Waals surface area contributed by atoms with Crippen molar-refractivity contribution in [1.82, 2.24) is 24.7 Å². The van der Waals surface area contributed by atoms with Crippen LogP contribution in [0.3, 0.4) is 0 Å². The van der Waals surface area contributed by atoms with Gasteiger partial charge in [-0.25, -0.2) is 0 Å². The van der Waals surface area contributed by atoms with E-state index >= 15 is 0 Å². The highest BCUT2D eigenvalue weighted by Gasteiger charge is 2.11. The predicted molar refractivity (Wildman–Crippen MR) is 78.7 cm³/mol. The van der Waals surface area contributed by atoms with Crippen molar-refractivity contribution in [3.05, 3.63) is 58.8 Å². The zero-order valence-electron chi connectivity index (χ0n) is 10.9. The Bertz CT molecular complexity index is 776. The molecular formula is C14H13N5S. The summed E-state index contributed by atoms with van der Waals surface area (Å²) in [4.78, 5) is 8.49. The number of aromatic amines is 1. The fourth-order valence-corrected chi connectivity index (χ4v) is 2.18. The molecule has 0 spiro atoms. The molecule has 0 aromatic carbocycles. The van der Waals surface area contributed by atoms with E-state index in [1.807, 2.05) is 35.0 Å². The number of pyridine rings is 2. The summed E-state index contributed by atoms with van der Waals surface area (Å²) in [5.41, 5.74) is 3.08. The van der Waals surface area contributed by atoms with E-state index in [4.69, 9.17) is 12.2 Å². The van der Waals surface area contributed by atoms with Crippen LogP contribution in [0.25, 0.3) is 11.5 Å². The average molecular weight is 283 g/mol. The Kier molecular flexibility index (Phi) is 3.39. The maximum atomic E-state index is 5.31. The third-order valence-electron chi connectivity index (χ3n) is 3.13. The number of hydrogen-bond donors (Lipinski definition) is 1. The molecule has 3 aromatic rings. The highest BCUT2D eigenvalue weighted by Crippen LogP contribution is 2.16. The van der Waals surface area contributed by atoms with Crippen LogP contribution in [0.15, 0.2) is 42.9 Å². The Labute approximate surface area is 121 Å². The van der Waals surface area contributed by atoms with Crippen LogP contribution in [0.5, 0.6) is 0 Å². The summed E-state index contributed by atoms with van der Waals surface area (Å²) in [6.45, 7) is 2.68. The number of rotatable bonds is 3. The molecule has 0 saturated heterocycles. The lowest BCUT2D eigenvalue weighted by atomic mass is 10.1. The lowest BCUT2D eigenvalue weighted by molar-refractivity contribution is 0.779. The summed E-state index contributed by atoms with van der Waals surface area (Å²) in [5.74, 6) is 0.735. The highest BCUT2D eigenvalue weighted by atomic mass is 32.1. The first-order valence-electron chi connectivity index (χ1n) is 6.22. The molecule has 5 nitrogen and oxygen atoms in total. The van der Waals surface area contributed by atoms with Gasteiger partial charge in [-0.15, -0.1) is 0 Å². The van der Waals surface area contributed by atoms with E-state index in [1.165, 1.54) is 5.56 Å². The number of nitrogens with zero attached hydrogens (tertiary/aromatic N) is 4. The van der Waals surface area contributed by atoms with Crippen LogP contribution in [-0.4, -0.2) is 24.7 Å². The summed E-state index contributed by atoms with van der Waals surface area (Å²) < 4.78 is 2.51. The van der Waals surface area contributed by atoms with Crippen molar-refractivity contribution in [1.29, 1.82) is 0 Å². The minimum Gasteiger partial charge on any atom is -0.294 e. The summed E-state index contributed by atoms with van der Waals surface area (Å²) in [5, 5.41) is 7.11. The van der Waals surface area contributed by atoms with Crippen molar-refractivity contribution in [2.75, 3.05) is 0 Å². The van der Waals surface area contributed by atoms with Crippen LogP contribution in [0.4, 0.5) is 0 Å². The smallest absolute Gasteiger partial charge is 0.195 e. The molecule has 0 aliphatic carbocycles. The lowest BCUT2D eigenvalue weighted by Gasteiger charge is -2.08. The number of hydrogen-bond acceptors (Lipinski definition) is 4. The normalized spacial score (nSPS) is 10.7. The Morgan fingerprint density at radius 3 is 2.90 bits per heavy atom. The standard InChI is InChI=1S/C14H13N5S/c1-10-5-7-15-8-11(10)9-19-13(17-18-14(19)20)12-4-2-3-6-16-12/h2-8H,9H2,1H3,(H,18,20). The Morgan fingerprint density at radius 2 is 2.15 bits per heavy atom. The molecule has 1 N–H and O–H groups in total. The van der Waals surface area contributed by atoms with Crippen molar-refractivity contribution in [3.63, 3.8) is 0 Å². The molecule has 0 aliphatic rings. The number of nitrogens with one attached hydrogen (secondary N) is 1. The molecule has 0 saturated carbocycles. The van der Waals surface area contributed by atoms with Gasteiger partial charge in [-0.1, -0.05) is 6.07 Å². The van der Waals surface area contributed by atoms with Gasteiger partial charge >= 0.3 is 0 Å². The van der Waals surface area contributed by atoms with Crippen molar-refractivity contribution in [2.24, 2.45) is 0 Å². The van der Waals surface area contributed by atoms with Crippen LogP contribution in [-0.2, 0) is 6.54 Å². The largest absolute Gasteiger partial charge is 0.294 e. The molecule has 3 aromatic heterocycles. The summed E-state index contributed by atoms with van der Waals surface area (Å²) in [6.07, 6.45) is 5.38. The van der Waals surface area contributed by atoms with Gasteiger partial charge in [0.25, 0.3) is 0 Å². The van der Waals surface area contributed by atoms with Crippen LogP contribution < -0.4 is 0 Å². The van der Waals surface area contributed by atoms with Crippen molar-refractivity contribution < 1.29 is 0 Å². The van der Waals surface area contributed by atoms with Crippen molar-refractivity contribution in [2.45, 2.75) is 13.5 Å². The molecule has 0 fully saturated rings. The second-order valence-electron chi connectivity index (χ2n) is 4.46. The summed E-state index contributed by atoms with van der Waals surface area (Å²) in [7, 11) is 0. The molecule has 0 bridgehead atoms. The monoisotopic (exact) mass is 283 g/mol. The van der Waals surface area contributed by atoms with Gasteiger partial charge in [0.05, 0.1) is 6.54 Å². The van der Waals surface area contributed by atoms with E-state index in [0.29, 0.717) is 11.3 Å². The summed E-state index contributed by atoms with van der Waals surface area (Å²) >= 11 is 5.31. The Morgan fingerprint density at radius 1 is 1.25 bits per heavy atom.